The summed E-state index contributed by atoms with van der Waals surface area (Å²) in [6.07, 6.45) is 0. The molecule has 0 aliphatic rings. The van der Waals surface area contributed by atoms with E-state index in [1.165, 1.54) is 25.3 Å². The summed E-state index contributed by atoms with van der Waals surface area (Å²) in [7, 11) is 2.88. The maximum Gasteiger partial charge on any atom is 0.337 e. The lowest BCUT2D eigenvalue weighted by atomic mass is 10.1. The summed E-state index contributed by atoms with van der Waals surface area (Å²) in [5, 5.41) is 3.95. The van der Waals surface area contributed by atoms with Crippen molar-refractivity contribution in [2.24, 2.45) is 0 Å². The van der Waals surface area contributed by atoms with Gasteiger partial charge in [0.15, 0.2) is 0 Å². The molecule has 0 unspecified atom stereocenters. The number of carbonyl (C=O) groups is 2. The number of nitrogens with one attached hydrogen (secondary N) is 2. The number of amides is 1. The van der Waals surface area contributed by atoms with Gasteiger partial charge in [0.1, 0.15) is 11.4 Å². The normalized spacial score (nSPS) is 10.6. The van der Waals surface area contributed by atoms with E-state index in [1.54, 1.807) is 7.11 Å². The SMILES string of the molecule is COC(=O)c1ccc(Cl)c(NC(=O)c2[nH]c3ccc(OC)cc3c2C)c1. The Labute approximate surface area is 155 Å². The van der Waals surface area contributed by atoms with Gasteiger partial charge in [0.05, 0.1) is 30.5 Å². The third-order valence-corrected chi connectivity index (χ3v) is 4.46. The quantitative estimate of drug-likeness (QED) is 0.673. The number of fused-ring (bicyclic) bond motifs is 1. The highest BCUT2D eigenvalue weighted by Gasteiger charge is 2.17. The molecule has 3 aromatic rings. The summed E-state index contributed by atoms with van der Waals surface area (Å²) in [4.78, 5) is 27.5. The minimum Gasteiger partial charge on any atom is -0.497 e. The summed E-state index contributed by atoms with van der Waals surface area (Å²) in [6.45, 7) is 1.85. The van der Waals surface area contributed by atoms with E-state index in [9.17, 15) is 9.59 Å². The van der Waals surface area contributed by atoms with Crippen LogP contribution in [0.3, 0.4) is 0 Å². The van der Waals surface area contributed by atoms with Gasteiger partial charge in [-0.1, -0.05) is 11.6 Å². The second kappa shape index (κ2) is 7.09. The highest BCUT2D eigenvalue weighted by atomic mass is 35.5. The molecular weight excluding hydrogens is 356 g/mol. The largest absolute Gasteiger partial charge is 0.497 e. The molecule has 0 spiro atoms. The van der Waals surface area contributed by atoms with E-state index < -0.39 is 5.97 Å². The maximum atomic E-state index is 12.7. The third-order valence-electron chi connectivity index (χ3n) is 4.13. The van der Waals surface area contributed by atoms with Gasteiger partial charge in [-0.2, -0.15) is 0 Å². The Bertz CT molecular complexity index is 1010. The zero-order valence-corrected chi connectivity index (χ0v) is 15.2. The molecule has 0 atom stereocenters. The van der Waals surface area contributed by atoms with Gasteiger partial charge >= 0.3 is 5.97 Å². The molecule has 3 rings (SSSR count). The van der Waals surface area contributed by atoms with Crippen LogP contribution in [0.1, 0.15) is 26.4 Å². The molecule has 1 aromatic heterocycles. The monoisotopic (exact) mass is 372 g/mol. The summed E-state index contributed by atoms with van der Waals surface area (Å²) >= 11 is 6.14. The van der Waals surface area contributed by atoms with E-state index in [-0.39, 0.29) is 5.91 Å². The molecule has 2 N–H and O–H groups in total. The summed E-state index contributed by atoms with van der Waals surface area (Å²) in [5.74, 6) is -0.159. The topological polar surface area (TPSA) is 80.4 Å². The number of aromatic amines is 1. The van der Waals surface area contributed by atoms with Gasteiger partial charge in [-0.05, 0) is 48.9 Å². The molecule has 0 radical (unpaired) electrons. The Morgan fingerprint density at radius 1 is 1.12 bits per heavy atom. The number of methoxy groups -OCH3 is 2. The first kappa shape index (κ1) is 17.8. The van der Waals surface area contributed by atoms with E-state index in [2.05, 4.69) is 15.0 Å². The predicted molar refractivity (Wildman–Crippen MR) is 100 cm³/mol. The fourth-order valence-electron chi connectivity index (χ4n) is 2.71. The number of benzene rings is 2. The van der Waals surface area contributed by atoms with Gasteiger partial charge in [0.2, 0.25) is 0 Å². The minimum atomic E-state index is -0.508. The van der Waals surface area contributed by atoms with Crippen LogP contribution in [0.15, 0.2) is 36.4 Å². The number of aryl methyl sites for hydroxylation is 1. The van der Waals surface area contributed by atoms with Crippen molar-refractivity contribution >= 4 is 40.1 Å². The molecule has 6 nitrogen and oxygen atoms in total. The molecule has 134 valence electrons. The number of rotatable bonds is 4. The third kappa shape index (κ3) is 3.23. The van der Waals surface area contributed by atoms with Crippen molar-refractivity contribution in [2.45, 2.75) is 6.92 Å². The Balaban J connectivity index is 1.94. The van der Waals surface area contributed by atoms with Gasteiger partial charge in [-0.3, -0.25) is 4.79 Å². The molecule has 2 aromatic carbocycles. The first-order valence-corrected chi connectivity index (χ1v) is 8.18. The first-order valence-electron chi connectivity index (χ1n) is 7.80. The minimum absolute atomic E-state index is 0.297. The van der Waals surface area contributed by atoms with Gasteiger partial charge in [-0.15, -0.1) is 0 Å². The van der Waals surface area contributed by atoms with Crippen LogP contribution < -0.4 is 10.1 Å². The molecule has 7 heteroatoms. The number of H-pyrrole nitrogens is 1. The van der Waals surface area contributed by atoms with Crippen LogP contribution in [-0.4, -0.2) is 31.1 Å². The molecule has 1 heterocycles. The van der Waals surface area contributed by atoms with E-state index in [4.69, 9.17) is 16.3 Å². The predicted octanol–water partition coefficient (Wildman–Crippen LogP) is 4.18. The van der Waals surface area contributed by atoms with Crippen LogP contribution in [0.5, 0.6) is 5.75 Å². The van der Waals surface area contributed by atoms with Gasteiger partial charge in [-0.25, -0.2) is 4.79 Å². The van der Waals surface area contributed by atoms with Gasteiger partial charge in [0.25, 0.3) is 5.91 Å². The van der Waals surface area contributed by atoms with Crippen molar-refractivity contribution in [1.82, 2.24) is 4.98 Å². The highest BCUT2D eigenvalue weighted by Crippen LogP contribution is 2.28. The van der Waals surface area contributed by atoms with E-state index in [1.807, 2.05) is 25.1 Å². The highest BCUT2D eigenvalue weighted by molar-refractivity contribution is 6.34. The van der Waals surface area contributed by atoms with Crippen molar-refractivity contribution in [2.75, 3.05) is 19.5 Å². The van der Waals surface area contributed by atoms with Crippen molar-refractivity contribution < 1.29 is 19.1 Å². The number of halogens is 1. The molecule has 0 fully saturated rings. The molecule has 0 saturated carbocycles. The fourth-order valence-corrected chi connectivity index (χ4v) is 2.88. The number of aromatic nitrogens is 1. The van der Waals surface area contributed by atoms with Crippen LogP contribution in [0.2, 0.25) is 5.02 Å². The summed E-state index contributed by atoms with van der Waals surface area (Å²) in [5.41, 5.74) is 2.65. The molecule has 0 aliphatic heterocycles. The summed E-state index contributed by atoms with van der Waals surface area (Å²) in [6, 6.07) is 10.1. The van der Waals surface area contributed by atoms with Gasteiger partial charge < -0.3 is 19.8 Å². The van der Waals surface area contributed by atoms with Crippen LogP contribution in [0.4, 0.5) is 5.69 Å². The molecule has 26 heavy (non-hydrogen) atoms. The summed E-state index contributed by atoms with van der Waals surface area (Å²) < 4.78 is 9.92. The van der Waals surface area contributed by atoms with Crippen molar-refractivity contribution in [1.29, 1.82) is 0 Å². The fraction of sp³-hybridized carbons (Fsp3) is 0.158. The van der Waals surface area contributed by atoms with Crippen molar-refractivity contribution in [3.63, 3.8) is 0 Å². The number of esters is 1. The Morgan fingerprint density at radius 3 is 2.58 bits per heavy atom. The molecule has 0 aliphatic carbocycles. The number of hydrogen-bond acceptors (Lipinski definition) is 4. The van der Waals surface area contributed by atoms with Crippen LogP contribution in [0, 0.1) is 6.92 Å². The van der Waals surface area contributed by atoms with Crippen LogP contribution in [-0.2, 0) is 4.74 Å². The number of ether oxygens (including phenoxy) is 2. The van der Waals surface area contributed by atoms with Crippen molar-refractivity contribution in [3.8, 4) is 5.75 Å². The lowest BCUT2D eigenvalue weighted by Crippen LogP contribution is -2.14. The zero-order valence-electron chi connectivity index (χ0n) is 14.5. The number of carbonyl (C=O) groups excluding carboxylic acids is 2. The molecule has 1 amide bonds. The first-order chi connectivity index (χ1) is 12.4. The smallest absolute Gasteiger partial charge is 0.337 e. The molecular formula is C19H17ClN2O4. The average Bonchev–Trinajstić information content (AvgIpc) is 2.99. The van der Waals surface area contributed by atoms with Crippen LogP contribution in [0.25, 0.3) is 10.9 Å². The van der Waals surface area contributed by atoms with Gasteiger partial charge in [0, 0.05) is 10.9 Å². The molecule has 0 bridgehead atoms. The van der Waals surface area contributed by atoms with Crippen molar-refractivity contribution in [3.05, 3.63) is 58.2 Å². The Morgan fingerprint density at radius 2 is 1.88 bits per heavy atom. The second-order valence-electron chi connectivity index (χ2n) is 5.68. The van der Waals surface area contributed by atoms with Crippen LogP contribution >= 0.6 is 11.6 Å². The standard InChI is InChI=1S/C19H17ClN2O4/c1-10-13-9-12(25-2)5-7-15(13)21-17(10)18(23)22-16-8-11(19(24)26-3)4-6-14(16)20/h4-9,21H,1-3H3,(H,22,23). The second-order valence-corrected chi connectivity index (χ2v) is 6.08. The Kier molecular flexibility index (Phi) is 4.86. The van der Waals surface area contributed by atoms with E-state index in [0.29, 0.717) is 27.7 Å². The zero-order chi connectivity index (χ0) is 18.8. The molecule has 0 saturated heterocycles. The average molecular weight is 373 g/mol. The number of anilines is 1. The lowest BCUT2D eigenvalue weighted by Gasteiger charge is -2.09. The van der Waals surface area contributed by atoms with E-state index >= 15 is 0 Å². The lowest BCUT2D eigenvalue weighted by molar-refractivity contribution is 0.0600. The van der Waals surface area contributed by atoms with E-state index in [0.717, 1.165) is 16.5 Å². The number of hydrogen-bond donors (Lipinski definition) is 2. The Hall–Kier alpha value is -2.99. The maximum absolute atomic E-state index is 12.7.